The van der Waals surface area contributed by atoms with Gasteiger partial charge in [-0.25, -0.2) is 4.79 Å². The first-order valence-corrected chi connectivity index (χ1v) is 8.32. The van der Waals surface area contributed by atoms with Gasteiger partial charge in [0.1, 0.15) is 17.1 Å². The Kier molecular flexibility index (Phi) is 7.25. The summed E-state index contributed by atoms with van der Waals surface area (Å²) in [5.74, 6) is -0.773. The van der Waals surface area contributed by atoms with Crippen LogP contribution in [0.5, 0.6) is 5.75 Å². The van der Waals surface area contributed by atoms with E-state index in [2.05, 4.69) is 5.32 Å². The Morgan fingerprint density at radius 2 is 2.04 bits per heavy atom. The average Bonchev–Trinajstić information content (AvgIpc) is 3.17. The number of rotatable bonds is 8. The maximum atomic E-state index is 12.1. The van der Waals surface area contributed by atoms with Crippen LogP contribution in [0.3, 0.4) is 0 Å². The highest BCUT2D eigenvalue weighted by Gasteiger charge is 2.18. The first kappa shape index (κ1) is 20.3. The molecule has 0 fully saturated rings. The number of amides is 2. The lowest BCUT2D eigenvalue weighted by Crippen LogP contribution is -2.39. The van der Waals surface area contributed by atoms with Crippen LogP contribution >= 0.6 is 11.6 Å². The fourth-order valence-corrected chi connectivity index (χ4v) is 2.29. The van der Waals surface area contributed by atoms with Crippen LogP contribution in [-0.4, -0.2) is 50.0 Å². The number of esters is 1. The molecule has 0 bridgehead atoms. The third-order valence-electron chi connectivity index (χ3n) is 3.55. The van der Waals surface area contributed by atoms with Gasteiger partial charge in [0.25, 0.3) is 5.91 Å². The van der Waals surface area contributed by atoms with Crippen molar-refractivity contribution in [2.75, 3.05) is 27.3 Å². The van der Waals surface area contributed by atoms with Gasteiger partial charge in [-0.05, 0) is 30.3 Å². The maximum absolute atomic E-state index is 12.1. The summed E-state index contributed by atoms with van der Waals surface area (Å²) in [5.41, 5.74) is 0.108. The number of nitrogens with zero attached hydrogens (tertiary/aromatic N) is 1. The normalized spacial score (nSPS) is 10.2. The number of furan rings is 1. The molecule has 1 aromatic carbocycles. The molecule has 0 unspecified atom stereocenters. The Morgan fingerprint density at radius 1 is 1.26 bits per heavy atom. The van der Waals surface area contributed by atoms with Gasteiger partial charge in [0, 0.05) is 12.1 Å². The summed E-state index contributed by atoms with van der Waals surface area (Å²) in [6.07, 6.45) is 1.50. The van der Waals surface area contributed by atoms with E-state index in [1.165, 1.54) is 32.6 Å². The van der Waals surface area contributed by atoms with Crippen molar-refractivity contribution in [3.8, 4) is 5.75 Å². The fraction of sp³-hybridized carbons (Fsp3) is 0.278. The van der Waals surface area contributed by atoms with Gasteiger partial charge in [-0.3, -0.25) is 9.59 Å². The van der Waals surface area contributed by atoms with Crippen LogP contribution in [-0.2, 0) is 20.9 Å². The zero-order valence-electron chi connectivity index (χ0n) is 14.9. The standard InChI is InChI=1S/C18H19ClN2O6/c1-21(10-16(22)20-9-13-4-3-7-26-13)17(23)11-27-18(24)14-8-12(19)5-6-15(14)25-2/h3-8H,9-11H2,1-2H3,(H,20,22). The molecule has 0 spiro atoms. The minimum atomic E-state index is -0.752. The van der Waals surface area contributed by atoms with Crippen molar-refractivity contribution in [2.45, 2.75) is 6.54 Å². The van der Waals surface area contributed by atoms with Crippen molar-refractivity contribution in [1.29, 1.82) is 0 Å². The molecule has 2 amide bonds. The van der Waals surface area contributed by atoms with Crippen molar-refractivity contribution < 1.29 is 28.3 Å². The van der Waals surface area contributed by atoms with E-state index in [9.17, 15) is 14.4 Å². The molecule has 0 aliphatic carbocycles. The van der Waals surface area contributed by atoms with E-state index in [1.54, 1.807) is 18.2 Å². The quantitative estimate of drug-likeness (QED) is 0.686. The van der Waals surface area contributed by atoms with E-state index in [0.717, 1.165) is 4.90 Å². The lowest BCUT2D eigenvalue weighted by Gasteiger charge is -2.17. The van der Waals surface area contributed by atoms with Crippen LogP contribution in [0.4, 0.5) is 0 Å². The van der Waals surface area contributed by atoms with Gasteiger partial charge < -0.3 is 24.1 Å². The fourth-order valence-electron chi connectivity index (χ4n) is 2.11. The molecule has 0 radical (unpaired) electrons. The molecule has 1 heterocycles. The highest BCUT2D eigenvalue weighted by Crippen LogP contribution is 2.23. The molecule has 2 rings (SSSR count). The third kappa shape index (κ3) is 6.03. The van der Waals surface area contributed by atoms with Crippen LogP contribution in [0.2, 0.25) is 5.02 Å². The van der Waals surface area contributed by atoms with E-state index in [0.29, 0.717) is 10.8 Å². The Labute approximate surface area is 161 Å². The van der Waals surface area contributed by atoms with Gasteiger partial charge in [0.15, 0.2) is 6.61 Å². The second-order valence-corrected chi connectivity index (χ2v) is 5.96. The van der Waals surface area contributed by atoms with Crippen molar-refractivity contribution in [2.24, 2.45) is 0 Å². The number of likely N-dealkylation sites (N-methyl/N-ethyl adjacent to an activating group) is 1. The second-order valence-electron chi connectivity index (χ2n) is 5.53. The summed E-state index contributed by atoms with van der Waals surface area (Å²) >= 11 is 5.87. The predicted molar refractivity (Wildman–Crippen MR) is 96.5 cm³/mol. The van der Waals surface area contributed by atoms with Gasteiger partial charge >= 0.3 is 5.97 Å². The molecule has 0 saturated carbocycles. The van der Waals surface area contributed by atoms with Gasteiger partial charge in [-0.1, -0.05) is 11.6 Å². The zero-order valence-corrected chi connectivity index (χ0v) is 15.6. The number of carbonyl (C=O) groups is 3. The molecule has 0 saturated heterocycles. The predicted octanol–water partition coefficient (Wildman–Crippen LogP) is 1.87. The van der Waals surface area contributed by atoms with E-state index in [1.807, 2.05) is 0 Å². The molecular formula is C18H19ClN2O6. The average molecular weight is 395 g/mol. The Morgan fingerprint density at radius 3 is 2.70 bits per heavy atom. The molecule has 27 heavy (non-hydrogen) atoms. The van der Waals surface area contributed by atoms with Gasteiger partial charge in [-0.2, -0.15) is 0 Å². The van der Waals surface area contributed by atoms with E-state index in [-0.39, 0.29) is 30.3 Å². The number of hydrogen-bond acceptors (Lipinski definition) is 6. The molecule has 2 aromatic rings. The molecule has 1 aromatic heterocycles. The summed E-state index contributed by atoms with van der Waals surface area (Å²) in [7, 11) is 2.84. The molecular weight excluding hydrogens is 376 g/mol. The highest BCUT2D eigenvalue weighted by molar-refractivity contribution is 6.31. The largest absolute Gasteiger partial charge is 0.496 e. The minimum Gasteiger partial charge on any atom is -0.496 e. The number of nitrogens with one attached hydrogen (secondary N) is 1. The number of benzene rings is 1. The molecule has 8 nitrogen and oxygen atoms in total. The Bertz CT molecular complexity index is 806. The minimum absolute atomic E-state index is 0.108. The van der Waals surface area contributed by atoms with Crippen LogP contribution in [0.25, 0.3) is 0 Å². The van der Waals surface area contributed by atoms with Crippen LogP contribution < -0.4 is 10.1 Å². The lowest BCUT2D eigenvalue weighted by molar-refractivity contribution is -0.137. The van der Waals surface area contributed by atoms with Crippen LogP contribution in [0.1, 0.15) is 16.1 Å². The molecule has 0 aliphatic rings. The highest BCUT2D eigenvalue weighted by atomic mass is 35.5. The second kappa shape index (κ2) is 9.63. The van der Waals surface area contributed by atoms with Gasteiger partial charge in [0.05, 0.1) is 26.5 Å². The summed E-state index contributed by atoms with van der Waals surface area (Å²) in [5, 5.41) is 2.95. The lowest BCUT2D eigenvalue weighted by atomic mass is 10.2. The molecule has 9 heteroatoms. The van der Waals surface area contributed by atoms with Crippen molar-refractivity contribution in [3.63, 3.8) is 0 Å². The molecule has 144 valence electrons. The first-order chi connectivity index (χ1) is 12.9. The third-order valence-corrected chi connectivity index (χ3v) is 3.79. The summed E-state index contributed by atoms with van der Waals surface area (Å²) in [6.45, 7) is -0.481. The van der Waals surface area contributed by atoms with E-state index < -0.39 is 18.5 Å². The number of methoxy groups -OCH3 is 1. The summed E-state index contributed by atoms with van der Waals surface area (Å²) in [6, 6.07) is 7.91. The first-order valence-electron chi connectivity index (χ1n) is 7.94. The Hall–Kier alpha value is -3.00. The van der Waals surface area contributed by atoms with Crippen molar-refractivity contribution >= 4 is 29.4 Å². The number of carbonyl (C=O) groups excluding carboxylic acids is 3. The number of halogens is 1. The molecule has 0 aliphatic heterocycles. The van der Waals surface area contributed by atoms with E-state index in [4.69, 9.17) is 25.5 Å². The maximum Gasteiger partial charge on any atom is 0.342 e. The van der Waals surface area contributed by atoms with Gasteiger partial charge in [0.2, 0.25) is 5.91 Å². The van der Waals surface area contributed by atoms with Gasteiger partial charge in [-0.15, -0.1) is 0 Å². The summed E-state index contributed by atoms with van der Waals surface area (Å²) in [4.78, 5) is 37.2. The number of ether oxygens (including phenoxy) is 2. The SMILES string of the molecule is COc1ccc(Cl)cc1C(=O)OCC(=O)N(C)CC(=O)NCc1ccco1. The monoisotopic (exact) mass is 394 g/mol. The van der Waals surface area contributed by atoms with Crippen molar-refractivity contribution in [3.05, 3.63) is 52.9 Å². The Balaban J connectivity index is 1.81. The summed E-state index contributed by atoms with van der Waals surface area (Å²) < 4.78 is 15.2. The molecule has 1 N–H and O–H groups in total. The zero-order chi connectivity index (χ0) is 19.8. The van der Waals surface area contributed by atoms with Crippen molar-refractivity contribution in [1.82, 2.24) is 10.2 Å². The van der Waals surface area contributed by atoms with Crippen LogP contribution in [0.15, 0.2) is 41.0 Å². The topological polar surface area (TPSA) is 98.1 Å². The smallest absolute Gasteiger partial charge is 0.342 e. The molecule has 0 atom stereocenters. The van der Waals surface area contributed by atoms with E-state index >= 15 is 0 Å². The van der Waals surface area contributed by atoms with Crippen LogP contribution in [0, 0.1) is 0 Å². The number of hydrogen-bond donors (Lipinski definition) is 1.